The molecule has 0 atom stereocenters. The van der Waals surface area contributed by atoms with E-state index in [1.54, 1.807) is 30.3 Å². The van der Waals surface area contributed by atoms with Gasteiger partial charge in [0.2, 0.25) is 0 Å². The van der Waals surface area contributed by atoms with Gasteiger partial charge < -0.3 is 5.11 Å². The molecule has 0 bridgehead atoms. The van der Waals surface area contributed by atoms with Crippen molar-refractivity contribution >= 4 is 28.6 Å². The molecule has 0 fully saturated rings. The minimum absolute atomic E-state index is 0.227. The Hall–Kier alpha value is -1.43. The van der Waals surface area contributed by atoms with Crippen LogP contribution in [0.25, 0.3) is 11.1 Å². The van der Waals surface area contributed by atoms with Gasteiger partial charge in [-0.3, -0.25) is 0 Å². The van der Waals surface area contributed by atoms with Gasteiger partial charge in [0.05, 0.1) is 5.56 Å². The number of hydrogen-bond acceptors (Lipinski definition) is 1. The summed E-state index contributed by atoms with van der Waals surface area (Å²) in [5.74, 6) is -1.28. The van der Waals surface area contributed by atoms with Crippen LogP contribution in [0.15, 0.2) is 42.5 Å². The van der Waals surface area contributed by atoms with E-state index >= 15 is 0 Å². The molecule has 1 N–H and O–H groups in total. The standard InChI is InChI=1S/C13H8FIO2/c14-10-4-1-8(2-5-10)11-7-9(13(16)17)3-6-12(11)15/h1-7H,(H,16,17). The zero-order valence-electron chi connectivity index (χ0n) is 8.65. The summed E-state index contributed by atoms with van der Waals surface area (Å²) in [6, 6.07) is 10.9. The second-order valence-corrected chi connectivity index (χ2v) is 4.67. The van der Waals surface area contributed by atoms with Gasteiger partial charge in [0.1, 0.15) is 5.82 Å². The quantitative estimate of drug-likeness (QED) is 0.843. The Labute approximate surface area is 111 Å². The lowest BCUT2D eigenvalue weighted by Crippen LogP contribution is -1.97. The van der Waals surface area contributed by atoms with Crippen molar-refractivity contribution in [1.82, 2.24) is 0 Å². The van der Waals surface area contributed by atoms with Crippen molar-refractivity contribution in [3.8, 4) is 11.1 Å². The molecule has 0 aliphatic carbocycles. The van der Waals surface area contributed by atoms with Crippen molar-refractivity contribution in [2.24, 2.45) is 0 Å². The maximum absolute atomic E-state index is 12.8. The first-order chi connectivity index (χ1) is 8.08. The fraction of sp³-hybridized carbons (Fsp3) is 0. The summed E-state index contributed by atoms with van der Waals surface area (Å²) in [7, 11) is 0. The Balaban J connectivity index is 2.54. The van der Waals surface area contributed by atoms with Crippen LogP contribution in [0.1, 0.15) is 10.4 Å². The molecule has 0 saturated heterocycles. The number of carbonyl (C=O) groups is 1. The number of rotatable bonds is 2. The highest BCUT2D eigenvalue weighted by Gasteiger charge is 2.08. The van der Waals surface area contributed by atoms with Gasteiger partial charge in [-0.05, 0) is 64.0 Å². The Kier molecular flexibility index (Phi) is 3.42. The molecular weight excluding hydrogens is 334 g/mol. The van der Waals surface area contributed by atoms with Crippen LogP contribution in [0.3, 0.4) is 0 Å². The molecule has 17 heavy (non-hydrogen) atoms. The number of benzene rings is 2. The van der Waals surface area contributed by atoms with Crippen molar-refractivity contribution in [2.45, 2.75) is 0 Å². The van der Waals surface area contributed by atoms with E-state index in [0.29, 0.717) is 0 Å². The van der Waals surface area contributed by atoms with E-state index in [1.165, 1.54) is 12.1 Å². The maximum Gasteiger partial charge on any atom is 0.335 e. The third-order valence-electron chi connectivity index (χ3n) is 2.37. The molecule has 0 aromatic heterocycles. The average Bonchev–Trinajstić information content (AvgIpc) is 2.31. The summed E-state index contributed by atoms with van der Waals surface area (Å²) >= 11 is 2.13. The van der Waals surface area contributed by atoms with E-state index in [4.69, 9.17) is 5.11 Å². The minimum atomic E-state index is -0.968. The van der Waals surface area contributed by atoms with Crippen molar-refractivity contribution in [1.29, 1.82) is 0 Å². The van der Waals surface area contributed by atoms with Gasteiger partial charge in [-0.2, -0.15) is 0 Å². The Morgan fingerprint density at radius 1 is 1.12 bits per heavy atom. The molecule has 0 heterocycles. The first-order valence-electron chi connectivity index (χ1n) is 4.87. The lowest BCUT2D eigenvalue weighted by molar-refractivity contribution is 0.0697. The predicted octanol–water partition coefficient (Wildman–Crippen LogP) is 3.80. The monoisotopic (exact) mass is 342 g/mol. The highest BCUT2D eigenvalue weighted by Crippen LogP contribution is 2.26. The second-order valence-electron chi connectivity index (χ2n) is 3.51. The lowest BCUT2D eigenvalue weighted by Gasteiger charge is -2.06. The van der Waals surface area contributed by atoms with Crippen LogP contribution in [-0.2, 0) is 0 Å². The second kappa shape index (κ2) is 4.83. The molecule has 2 aromatic carbocycles. The highest BCUT2D eigenvalue weighted by atomic mass is 127. The highest BCUT2D eigenvalue weighted by molar-refractivity contribution is 14.1. The van der Waals surface area contributed by atoms with E-state index in [9.17, 15) is 9.18 Å². The average molecular weight is 342 g/mol. The molecule has 0 radical (unpaired) electrons. The molecule has 0 spiro atoms. The third-order valence-corrected chi connectivity index (χ3v) is 3.31. The van der Waals surface area contributed by atoms with E-state index < -0.39 is 5.97 Å². The molecular formula is C13H8FIO2. The first-order valence-corrected chi connectivity index (χ1v) is 5.94. The summed E-state index contributed by atoms with van der Waals surface area (Å²) < 4.78 is 13.7. The van der Waals surface area contributed by atoms with Gasteiger partial charge >= 0.3 is 5.97 Å². The Morgan fingerprint density at radius 2 is 1.76 bits per heavy atom. The van der Waals surface area contributed by atoms with Crippen molar-refractivity contribution in [3.63, 3.8) is 0 Å². The number of carboxylic acid groups (broad SMARTS) is 1. The van der Waals surface area contributed by atoms with Crippen LogP contribution in [0.4, 0.5) is 4.39 Å². The van der Waals surface area contributed by atoms with E-state index in [1.807, 2.05) is 0 Å². The van der Waals surface area contributed by atoms with Crippen LogP contribution in [0.2, 0.25) is 0 Å². The number of hydrogen-bond donors (Lipinski definition) is 1. The number of halogens is 2. The molecule has 0 aliphatic rings. The van der Waals surface area contributed by atoms with Crippen molar-refractivity contribution < 1.29 is 14.3 Å². The van der Waals surface area contributed by atoms with Crippen molar-refractivity contribution in [3.05, 3.63) is 57.4 Å². The fourth-order valence-electron chi connectivity index (χ4n) is 1.51. The largest absolute Gasteiger partial charge is 0.478 e. The Bertz CT molecular complexity index is 564. The van der Waals surface area contributed by atoms with Gasteiger partial charge in [-0.25, -0.2) is 9.18 Å². The zero-order valence-corrected chi connectivity index (χ0v) is 10.8. The SMILES string of the molecule is O=C(O)c1ccc(I)c(-c2ccc(F)cc2)c1. The Morgan fingerprint density at radius 3 is 2.35 bits per heavy atom. The molecule has 0 amide bonds. The first kappa shape index (κ1) is 12.0. The molecule has 4 heteroatoms. The zero-order chi connectivity index (χ0) is 12.4. The molecule has 0 unspecified atom stereocenters. The summed E-state index contributed by atoms with van der Waals surface area (Å²) in [6.07, 6.45) is 0. The molecule has 86 valence electrons. The molecule has 2 nitrogen and oxygen atoms in total. The van der Waals surface area contributed by atoms with Crippen molar-refractivity contribution in [2.75, 3.05) is 0 Å². The molecule has 0 aliphatic heterocycles. The van der Waals surface area contributed by atoms with Gasteiger partial charge in [0, 0.05) is 3.57 Å². The number of aromatic carboxylic acids is 1. The normalized spacial score (nSPS) is 10.2. The summed E-state index contributed by atoms with van der Waals surface area (Å²) in [5.41, 5.74) is 1.83. The summed E-state index contributed by atoms with van der Waals surface area (Å²) in [5, 5.41) is 8.93. The van der Waals surface area contributed by atoms with E-state index in [2.05, 4.69) is 22.6 Å². The minimum Gasteiger partial charge on any atom is -0.478 e. The van der Waals surface area contributed by atoms with Crippen LogP contribution in [0.5, 0.6) is 0 Å². The van der Waals surface area contributed by atoms with Crippen LogP contribution in [-0.4, -0.2) is 11.1 Å². The van der Waals surface area contributed by atoms with Gasteiger partial charge in [0.15, 0.2) is 0 Å². The van der Waals surface area contributed by atoms with Crippen LogP contribution in [0, 0.1) is 9.39 Å². The van der Waals surface area contributed by atoms with E-state index in [0.717, 1.165) is 14.7 Å². The van der Waals surface area contributed by atoms with Gasteiger partial charge in [-0.1, -0.05) is 12.1 Å². The third kappa shape index (κ3) is 2.63. The predicted molar refractivity (Wildman–Crippen MR) is 71.5 cm³/mol. The molecule has 2 aromatic rings. The summed E-state index contributed by atoms with van der Waals surface area (Å²) in [4.78, 5) is 10.9. The smallest absolute Gasteiger partial charge is 0.335 e. The van der Waals surface area contributed by atoms with E-state index in [-0.39, 0.29) is 11.4 Å². The van der Waals surface area contributed by atoms with Crippen LogP contribution < -0.4 is 0 Å². The fourth-order valence-corrected chi connectivity index (χ4v) is 2.16. The number of carboxylic acids is 1. The topological polar surface area (TPSA) is 37.3 Å². The van der Waals surface area contributed by atoms with Gasteiger partial charge in [-0.15, -0.1) is 0 Å². The maximum atomic E-state index is 12.8. The molecule has 0 saturated carbocycles. The lowest BCUT2D eigenvalue weighted by atomic mass is 10.0. The molecule has 2 rings (SSSR count). The van der Waals surface area contributed by atoms with Crippen LogP contribution >= 0.6 is 22.6 Å². The van der Waals surface area contributed by atoms with Gasteiger partial charge in [0.25, 0.3) is 0 Å². The summed E-state index contributed by atoms with van der Waals surface area (Å²) in [6.45, 7) is 0.